The van der Waals surface area contributed by atoms with E-state index in [-0.39, 0.29) is 45.4 Å². The number of carbonyl (C=O) groups is 1. The van der Waals surface area contributed by atoms with Gasteiger partial charge in [-0.3, -0.25) is 14.6 Å². The summed E-state index contributed by atoms with van der Waals surface area (Å²) in [6.45, 7) is 1.37. The lowest BCUT2D eigenvalue weighted by Gasteiger charge is -2.45. The van der Waals surface area contributed by atoms with Crippen LogP contribution in [0.15, 0.2) is 0 Å². The van der Waals surface area contributed by atoms with Gasteiger partial charge in [0, 0.05) is 43.6 Å². The lowest BCUT2D eigenvalue weighted by atomic mass is 9.70. The molecule has 3 N–H and O–H groups in total. The summed E-state index contributed by atoms with van der Waals surface area (Å²) in [4.78, 5) is 18.0. The molecule has 3 heterocycles. The Hall–Kier alpha value is -1.22. The minimum atomic E-state index is -4.54. The first-order chi connectivity index (χ1) is 18.6. The molecule has 0 aromatic rings. The number of halogens is 7. The van der Waals surface area contributed by atoms with Crippen molar-refractivity contribution in [2.24, 2.45) is 23.7 Å². The molecular weight excluding hydrogens is 545 g/mol. The second-order valence-electron chi connectivity index (χ2n) is 12.8. The molecule has 10 atom stereocenters. The second kappa shape index (κ2) is 10.8. The number of carbonyl (C=O) groups excluding carboxylic acids is 1. The summed E-state index contributed by atoms with van der Waals surface area (Å²) in [5, 5.41) is 2.93. The Balaban J connectivity index is 1.33. The maximum atomic E-state index is 16.0. The van der Waals surface area contributed by atoms with E-state index in [1.54, 1.807) is 11.9 Å². The Morgan fingerprint density at radius 1 is 1.02 bits per heavy atom. The van der Waals surface area contributed by atoms with Crippen LogP contribution in [0, 0.1) is 23.7 Å². The van der Waals surface area contributed by atoms with Gasteiger partial charge in [-0.2, -0.15) is 22.0 Å². The predicted molar refractivity (Wildman–Crippen MR) is 133 cm³/mol. The monoisotopic (exact) mass is 586 g/mol. The van der Waals surface area contributed by atoms with Gasteiger partial charge in [0.25, 0.3) is 0 Å². The van der Waals surface area contributed by atoms with Crippen LogP contribution in [0.1, 0.15) is 45.4 Å². The summed E-state index contributed by atoms with van der Waals surface area (Å²) < 4.78 is 104. The van der Waals surface area contributed by atoms with Crippen molar-refractivity contribution in [3.63, 3.8) is 0 Å². The van der Waals surface area contributed by atoms with E-state index in [1.165, 1.54) is 16.8 Å². The number of rotatable bonds is 6. The highest BCUT2D eigenvalue weighted by Crippen LogP contribution is 2.52. The summed E-state index contributed by atoms with van der Waals surface area (Å²) in [5.41, 5.74) is 2.13. The van der Waals surface area contributed by atoms with E-state index in [0.717, 1.165) is 6.92 Å². The maximum absolute atomic E-state index is 16.0. The van der Waals surface area contributed by atoms with Gasteiger partial charge in [0.05, 0.1) is 18.6 Å². The first kappa shape index (κ1) is 30.2. The number of nitrogens with one attached hydrogen (secondary N) is 3. The van der Waals surface area contributed by atoms with Gasteiger partial charge in [-0.05, 0) is 59.0 Å². The molecule has 0 radical (unpaired) electrons. The first-order valence-corrected chi connectivity index (χ1v) is 14.3. The average Bonchev–Trinajstić information content (AvgIpc) is 3.61. The van der Waals surface area contributed by atoms with Crippen molar-refractivity contribution < 1.29 is 35.5 Å². The van der Waals surface area contributed by atoms with E-state index in [2.05, 4.69) is 16.2 Å². The Labute approximate surface area is 230 Å². The number of fused-ring (bicyclic) bond motifs is 1. The highest BCUT2D eigenvalue weighted by atomic mass is 19.4. The van der Waals surface area contributed by atoms with Gasteiger partial charge < -0.3 is 10.2 Å². The van der Waals surface area contributed by atoms with Crippen molar-refractivity contribution in [3.8, 4) is 0 Å². The van der Waals surface area contributed by atoms with Crippen molar-refractivity contribution in [1.82, 2.24) is 30.9 Å². The van der Waals surface area contributed by atoms with Gasteiger partial charge in [0.15, 0.2) is 5.67 Å². The van der Waals surface area contributed by atoms with Crippen molar-refractivity contribution in [3.05, 3.63) is 0 Å². The second-order valence-corrected chi connectivity index (χ2v) is 12.8. The largest absolute Gasteiger partial charge is 0.392 e. The number of hydrogen-bond donors (Lipinski definition) is 3. The van der Waals surface area contributed by atoms with E-state index < -0.39 is 77.8 Å². The average molecular weight is 587 g/mol. The van der Waals surface area contributed by atoms with Crippen LogP contribution in [0.25, 0.3) is 0 Å². The summed E-state index contributed by atoms with van der Waals surface area (Å²) in [7, 11) is 3.08. The molecule has 0 aromatic heterocycles. The zero-order valence-electron chi connectivity index (χ0n) is 23.2. The molecule has 40 heavy (non-hydrogen) atoms. The van der Waals surface area contributed by atoms with Gasteiger partial charge >= 0.3 is 12.1 Å². The molecule has 1 amide bonds. The van der Waals surface area contributed by atoms with E-state index in [1.807, 2.05) is 0 Å². The highest BCUT2D eigenvalue weighted by Gasteiger charge is 2.64. The fourth-order valence-corrected chi connectivity index (χ4v) is 8.04. The topological polar surface area (TPSA) is 62.9 Å². The third-order valence-electron chi connectivity index (χ3n) is 10.6. The Morgan fingerprint density at radius 2 is 1.75 bits per heavy atom. The van der Waals surface area contributed by atoms with Gasteiger partial charge in [0.1, 0.15) is 12.3 Å². The lowest BCUT2D eigenvalue weighted by Crippen LogP contribution is -2.62. The van der Waals surface area contributed by atoms with Crippen molar-refractivity contribution in [2.75, 3.05) is 40.4 Å². The van der Waals surface area contributed by atoms with Crippen LogP contribution in [0.3, 0.4) is 0 Å². The summed E-state index contributed by atoms with van der Waals surface area (Å²) in [6.07, 6.45) is -6.32. The molecule has 5 fully saturated rings. The number of amides is 1. The highest BCUT2D eigenvalue weighted by molar-refractivity contribution is 5.82. The zero-order valence-corrected chi connectivity index (χ0v) is 23.2. The maximum Gasteiger partial charge on any atom is 0.392 e. The molecule has 14 heteroatoms. The van der Waals surface area contributed by atoms with E-state index >= 15 is 13.2 Å². The standard InChI is InChI=1S/C26H41F7N6O/c1-24(28,25(29,30)23-36-35-13-37(23)2)14-5-4-6-15(7-14)39-12-18-17(22(39)40)8-16(9-19(18)26(31,32)33)38(3)21-11-34-10-20(21)27/h14-21,23,34-36H,4-13H2,1-3H3/t14?,15?,16?,17?,18?,19?,20-,21-,23?,24+/m0/s1. The molecule has 0 aromatic carbocycles. The fraction of sp³-hybridized carbons (Fsp3) is 0.962. The molecule has 3 saturated heterocycles. The number of likely N-dealkylation sites (tertiary alicyclic amines) is 1. The molecule has 2 saturated carbocycles. The molecule has 5 rings (SSSR count). The van der Waals surface area contributed by atoms with Crippen LogP contribution >= 0.6 is 0 Å². The molecule has 2 aliphatic carbocycles. The Kier molecular flexibility index (Phi) is 8.17. The number of alkyl halides is 7. The number of hydrogen-bond acceptors (Lipinski definition) is 6. The molecule has 5 aliphatic rings. The van der Waals surface area contributed by atoms with E-state index in [0.29, 0.717) is 19.4 Å². The molecule has 0 bridgehead atoms. The van der Waals surface area contributed by atoms with Gasteiger partial charge in [-0.15, -0.1) is 0 Å². The van der Waals surface area contributed by atoms with E-state index in [4.69, 9.17) is 0 Å². The smallest absolute Gasteiger partial charge is 0.339 e. The van der Waals surface area contributed by atoms with Crippen LogP contribution < -0.4 is 16.2 Å². The summed E-state index contributed by atoms with van der Waals surface area (Å²) in [6, 6.07) is -1.78. The zero-order chi connectivity index (χ0) is 29.2. The van der Waals surface area contributed by atoms with Crippen LogP contribution in [-0.2, 0) is 4.79 Å². The van der Waals surface area contributed by atoms with Gasteiger partial charge in [-0.25, -0.2) is 19.6 Å². The minimum absolute atomic E-state index is 0.0328. The Morgan fingerprint density at radius 3 is 2.35 bits per heavy atom. The van der Waals surface area contributed by atoms with E-state index in [9.17, 15) is 22.4 Å². The number of likely N-dealkylation sites (N-methyl/N-ethyl adjacent to an activating group) is 1. The third kappa shape index (κ3) is 5.13. The van der Waals surface area contributed by atoms with Gasteiger partial charge in [-0.1, -0.05) is 6.42 Å². The quantitative estimate of drug-likeness (QED) is 0.417. The predicted octanol–water partition coefficient (Wildman–Crippen LogP) is 2.89. The van der Waals surface area contributed by atoms with Gasteiger partial charge in [0.2, 0.25) is 5.91 Å². The fourth-order valence-electron chi connectivity index (χ4n) is 8.04. The molecule has 230 valence electrons. The lowest BCUT2D eigenvalue weighted by molar-refractivity contribution is -0.205. The van der Waals surface area contributed by atoms with Crippen LogP contribution in [0.5, 0.6) is 0 Å². The minimum Gasteiger partial charge on any atom is -0.339 e. The van der Waals surface area contributed by atoms with Crippen molar-refractivity contribution in [1.29, 1.82) is 0 Å². The Bertz CT molecular complexity index is 938. The normalized spacial score (nSPS) is 41.5. The summed E-state index contributed by atoms with van der Waals surface area (Å²) in [5.74, 6) is -8.82. The van der Waals surface area contributed by atoms with Crippen LogP contribution in [-0.4, -0.2) is 109 Å². The van der Waals surface area contributed by atoms with Crippen molar-refractivity contribution >= 4 is 5.91 Å². The summed E-state index contributed by atoms with van der Waals surface area (Å²) >= 11 is 0. The molecule has 3 aliphatic heterocycles. The molecule has 7 nitrogen and oxygen atoms in total. The van der Waals surface area contributed by atoms with Crippen molar-refractivity contribution in [2.45, 2.75) is 93.7 Å². The first-order valence-electron chi connectivity index (χ1n) is 14.3. The number of hydrazine groups is 1. The molecular formula is C26H41F7N6O. The third-order valence-corrected chi connectivity index (χ3v) is 10.6. The van der Waals surface area contributed by atoms with Crippen LogP contribution in [0.4, 0.5) is 30.7 Å². The van der Waals surface area contributed by atoms with Crippen LogP contribution in [0.2, 0.25) is 0 Å². The number of nitrogens with zero attached hydrogens (tertiary/aromatic N) is 3. The molecule has 0 spiro atoms. The SMILES string of the molecule is CN1CNNC1C(F)(F)[C@](C)(F)C1CCCC(N2CC3C(CC(N(C)[C@H]4CNC[C@@H]4F)CC3C(F)(F)F)C2=O)C1. The molecule has 7 unspecified atom stereocenters.